The van der Waals surface area contributed by atoms with Gasteiger partial charge in [-0.1, -0.05) is 56.5 Å². The summed E-state index contributed by atoms with van der Waals surface area (Å²) in [6.45, 7) is 14.3. The minimum absolute atomic E-state index is 0.717. The quantitative estimate of drug-likeness (QED) is 0.430. The highest BCUT2D eigenvalue weighted by Gasteiger charge is 2.03. The monoisotopic (exact) mass is 355 g/mol. The van der Waals surface area contributed by atoms with Crippen LogP contribution in [0.4, 0.5) is 5.82 Å². The summed E-state index contributed by atoms with van der Waals surface area (Å²) in [5.41, 5.74) is 4.70. The van der Waals surface area contributed by atoms with Gasteiger partial charge in [-0.05, 0) is 54.3 Å². The number of hydrogen-bond donors (Lipinski definition) is 1. The van der Waals surface area contributed by atoms with E-state index in [1.807, 2.05) is 37.3 Å². The molecule has 27 heavy (non-hydrogen) atoms. The number of nitrogens with zero attached hydrogens (tertiary/aromatic N) is 2. The van der Waals surface area contributed by atoms with Crippen LogP contribution in [0.1, 0.15) is 25.3 Å². The predicted molar refractivity (Wildman–Crippen MR) is 116 cm³/mol. The summed E-state index contributed by atoms with van der Waals surface area (Å²) >= 11 is 0. The van der Waals surface area contributed by atoms with Crippen LogP contribution in [-0.2, 0) is 0 Å². The molecule has 0 amide bonds. The Labute approximate surface area is 161 Å². The van der Waals surface area contributed by atoms with Gasteiger partial charge in [0.15, 0.2) is 0 Å². The molecule has 2 rings (SSSR count). The number of nitrogens with one attached hydrogen (secondary N) is 1. The van der Waals surface area contributed by atoms with Gasteiger partial charge >= 0.3 is 0 Å². The van der Waals surface area contributed by atoms with Crippen molar-refractivity contribution in [3.05, 3.63) is 91.1 Å². The van der Waals surface area contributed by atoms with E-state index in [0.29, 0.717) is 0 Å². The number of allylic oxidation sites excluding steroid dienone is 6. The number of fused-ring (bicyclic) bond motifs is 1. The van der Waals surface area contributed by atoms with E-state index in [1.165, 1.54) is 0 Å². The van der Waals surface area contributed by atoms with Crippen LogP contribution in [0.3, 0.4) is 0 Å². The van der Waals surface area contributed by atoms with Crippen molar-refractivity contribution in [1.82, 2.24) is 4.98 Å². The molecule has 1 aromatic carbocycles. The standard InChI is InChI=1S/C24H25N3/c1-5-18(4)14-15-26-24-13-11-22-16-21(10-12-23(22)27-24)20(7-3)9-8-19(6-2)17-25/h5,7-13,16H,1,3-4,6,14-15H2,2H3,(H,26,27)/b19-8+,20-9+. The van der Waals surface area contributed by atoms with Crippen LogP contribution >= 0.6 is 0 Å². The molecule has 2 aromatic rings. The number of aromatic nitrogens is 1. The second-order valence-corrected chi connectivity index (χ2v) is 6.13. The summed E-state index contributed by atoms with van der Waals surface area (Å²) in [6.07, 6.45) is 8.92. The van der Waals surface area contributed by atoms with Gasteiger partial charge in [0.1, 0.15) is 5.82 Å². The van der Waals surface area contributed by atoms with E-state index >= 15 is 0 Å². The Balaban J connectivity index is 2.23. The van der Waals surface area contributed by atoms with Crippen molar-refractivity contribution >= 4 is 22.3 Å². The van der Waals surface area contributed by atoms with E-state index in [4.69, 9.17) is 5.26 Å². The maximum atomic E-state index is 9.06. The fourth-order valence-electron chi connectivity index (χ4n) is 2.56. The van der Waals surface area contributed by atoms with E-state index in [1.54, 1.807) is 12.2 Å². The number of rotatable bonds is 9. The Bertz CT molecular complexity index is 955. The van der Waals surface area contributed by atoms with Crippen molar-refractivity contribution in [2.75, 3.05) is 11.9 Å². The molecular formula is C24H25N3. The van der Waals surface area contributed by atoms with Crippen molar-refractivity contribution in [3.63, 3.8) is 0 Å². The maximum Gasteiger partial charge on any atom is 0.126 e. The molecule has 3 nitrogen and oxygen atoms in total. The van der Waals surface area contributed by atoms with Crippen molar-refractivity contribution in [1.29, 1.82) is 5.26 Å². The molecule has 136 valence electrons. The first-order valence-electron chi connectivity index (χ1n) is 9.00. The summed E-state index contributed by atoms with van der Waals surface area (Å²) in [6, 6.07) is 12.4. The lowest BCUT2D eigenvalue weighted by Crippen LogP contribution is -2.03. The van der Waals surface area contributed by atoms with E-state index in [0.717, 1.165) is 58.4 Å². The Morgan fingerprint density at radius 2 is 2.00 bits per heavy atom. The van der Waals surface area contributed by atoms with Crippen LogP contribution in [0.25, 0.3) is 16.5 Å². The first-order valence-corrected chi connectivity index (χ1v) is 9.00. The molecule has 0 unspecified atom stereocenters. The lowest BCUT2D eigenvalue weighted by molar-refractivity contribution is 1.02. The fourth-order valence-corrected chi connectivity index (χ4v) is 2.56. The van der Waals surface area contributed by atoms with E-state index in [2.05, 4.69) is 48.2 Å². The zero-order chi connectivity index (χ0) is 19.6. The molecular weight excluding hydrogens is 330 g/mol. The molecule has 1 aromatic heterocycles. The summed E-state index contributed by atoms with van der Waals surface area (Å²) in [4.78, 5) is 4.66. The normalized spacial score (nSPS) is 11.7. The van der Waals surface area contributed by atoms with Crippen molar-refractivity contribution in [3.8, 4) is 6.07 Å². The first kappa shape index (κ1) is 19.9. The minimum atomic E-state index is 0.717. The lowest BCUT2D eigenvalue weighted by Gasteiger charge is -2.08. The molecule has 1 heterocycles. The molecule has 3 heteroatoms. The highest BCUT2D eigenvalue weighted by atomic mass is 15.0. The van der Waals surface area contributed by atoms with E-state index < -0.39 is 0 Å². The third-order valence-electron chi connectivity index (χ3n) is 4.27. The third-order valence-corrected chi connectivity index (χ3v) is 4.27. The minimum Gasteiger partial charge on any atom is -0.370 e. The second-order valence-electron chi connectivity index (χ2n) is 6.13. The Kier molecular flexibility index (Phi) is 7.34. The van der Waals surface area contributed by atoms with E-state index in [9.17, 15) is 0 Å². The zero-order valence-electron chi connectivity index (χ0n) is 15.8. The fraction of sp³-hybridized carbons (Fsp3) is 0.167. The van der Waals surface area contributed by atoms with Gasteiger partial charge < -0.3 is 5.32 Å². The molecule has 0 saturated heterocycles. The van der Waals surface area contributed by atoms with Gasteiger partial charge in [0.2, 0.25) is 0 Å². The zero-order valence-corrected chi connectivity index (χ0v) is 15.8. The van der Waals surface area contributed by atoms with Gasteiger partial charge in [-0.25, -0.2) is 4.98 Å². The summed E-state index contributed by atoms with van der Waals surface area (Å²) in [7, 11) is 0. The van der Waals surface area contributed by atoms with Crippen molar-refractivity contribution in [2.24, 2.45) is 0 Å². The van der Waals surface area contributed by atoms with Crippen LogP contribution < -0.4 is 5.32 Å². The number of hydrogen-bond acceptors (Lipinski definition) is 3. The molecule has 0 aliphatic heterocycles. The Hall–Kier alpha value is -3.38. The topological polar surface area (TPSA) is 48.7 Å². The lowest BCUT2D eigenvalue weighted by atomic mass is 10.0. The summed E-state index contributed by atoms with van der Waals surface area (Å²) in [5.74, 6) is 0.844. The van der Waals surface area contributed by atoms with Crippen LogP contribution in [0, 0.1) is 11.3 Å². The third kappa shape index (κ3) is 5.55. The number of nitriles is 1. The molecule has 0 fully saturated rings. The molecule has 0 spiro atoms. The van der Waals surface area contributed by atoms with E-state index in [-0.39, 0.29) is 0 Å². The predicted octanol–water partition coefficient (Wildman–Crippen LogP) is 6.21. The summed E-state index contributed by atoms with van der Waals surface area (Å²) < 4.78 is 0. The number of anilines is 1. The summed E-state index contributed by atoms with van der Waals surface area (Å²) in [5, 5.41) is 13.4. The molecule has 0 aliphatic carbocycles. The average molecular weight is 355 g/mol. The Morgan fingerprint density at radius 3 is 2.67 bits per heavy atom. The molecule has 1 N–H and O–H groups in total. The number of benzene rings is 1. The van der Waals surface area contributed by atoms with Gasteiger partial charge in [0, 0.05) is 17.5 Å². The largest absolute Gasteiger partial charge is 0.370 e. The first-order chi connectivity index (χ1) is 13.1. The SMILES string of the molecule is C=CC(=C)CCNc1ccc2cc(/C(C=C)=C/C=C(/C#N)CC)ccc2n1. The van der Waals surface area contributed by atoms with Crippen LogP contribution in [0.2, 0.25) is 0 Å². The van der Waals surface area contributed by atoms with Gasteiger partial charge in [0.25, 0.3) is 0 Å². The molecule has 0 saturated carbocycles. The van der Waals surface area contributed by atoms with Crippen LogP contribution in [-0.4, -0.2) is 11.5 Å². The molecule has 0 atom stereocenters. The van der Waals surface area contributed by atoms with Crippen molar-refractivity contribution < 1.29 is 0 Å². The highest BCUT2D eigenvalue weighted by molar-refractivity contribution is 5.86. The van der Waals surface area contributed by atoms with Gasteiger partial charge in [-0.15, -0.1) is 0 Å². The molecule has 0 bridgehead atoms. The second kappa shape index (κ2) is 9.94. The number of pyridine rings is 1. The van der Waals surface area contributed by atoms with Crippen LogP contribution in [0.5, 0.6) is 0 Å². The van der Waals surface area contributed by atoms with Gasteiger partial charge in [-0.2, -0.15) is 5.26 Å². The van der Waals surface area contributed by atoms with Crippen molar-refractivity contribution in [2.45, 2.75) is 19.8 Å². The Morgan fingerprint density at radius 1 is 1.19 bits per heavy atom. The van der Waals surface area contributed by atoms with Crippen LogP contribution in [0.15, 0.2) is 85.5 Å². The van der Waals surface area contributed by atoms with Gasteiger partial charge in [-0.3, -0.25) is 0 Å². The average Bonchev–Trinajstić information content (AvgIpc) is 2.71. The smallest absolute Gasteiger partial charge is 0.126 e. The molecule has 0 aliphatic rings. The maximum absolute atomic E-state index is 9.06. The highest BCUT2D eigenvalue weighted by Crippen LogP contribution is 2.23. The molecule has 0 radical (unpaired) electrons. The van der Waals surface area contributed by atoms with Gasteiger partial charge in [0.05, 0.1) is 11.6 Å².